The minimum atomic E-state index is -0.444. The van der Waals surface area contributed by atoms with Gasteiger partial charge in [-0.15, -0.1) is 0 Å². The third-order valence-corrected chi connectivity index (χ3v) is 5.48. The van der Waals surface area contributed by atoms with Gasteiger partial charge < -0.3 is 29.4 Å². The lowest BCUT2D eigenvalue weighted by Gasteiger charge is -2.24. The van der Waals surface area contributed by atoms with E-state index in [1.165, 1.54) is 6.26 Å². The predicted molar refractivity (Wildman–Crippen MR) is 125 cm³/mol. The van der Waals surface area contributed by atoms with Gasteiger partial charge in [-0.2, -0.15) is 4.98 Å². The van der Waals surface area contributed by atoms with Crippen LogP contribution in [-0.2, 0) is 16.0 Å². The summed E-state index contributed by atoms with van der Waals surface area (Å²) in [6.45, 7) is 9.97. The Kier molecular flexibility index (Phi) is 9.23. The van der Waals surface area contributed by atoms with Gasteiger partial charge in [-0.1, -0.05) is 19.9 Å². The number of morpholine rings is 1. The fourth-order valence-electron chi connectivity index (χ4n) is 3.51. The Morgan fingerprint density at radius 3 is 2.64 bits per heavy atom. The number of nitrogens with one attached hydrogen (secondary N) is 2. The lowest BCUT2D eigenvalue weighted by Crippen LogP contribution is -2.36. The monoisotopic (exact) mass is 459 g/mol. The third-order valence-electron chi connectivity index (χ3n) is 5.48. The highest BCUT2D eigenvalue weighted by Gasteiger charge is 2.21. The Bertz CT molecular complexity index is 922. The second kappa shape index (κ2) is 12.3. The van der Waals surface area contributed by atoms with E-state index in [1.807, 2.05) is 17.0 Å². The van der Waals surface area contributed by atoms with E-state index < -0.39 is 5.91 Å². The Morgan fingerprint density at radius 1 is 1.18 bits per heavy atom. The Morgan fingerprint density at radius 2 is 1.94 bits per heavy atom. The summed E-state index contributed by atoms with van der Waals surface area (Å²) in [5.74, 6) is -0.724. The summed E-state index contributed by atoms with van der Waals surface area (Å²) in [6, 6.07) is 5.88. The van der Waals surface area contributed by atoms with Crippen molar-refractivity contribution in [2.24, 2.45) is 0 Å². The van der Waals surface area contributed by atoms with Crippen LogP contribution in [0.5, 0.6) is 0 Å². The molecule has 2 heterocycles. The molecule has 0 radical (unpaired) electrons. The van der Waals surface area contributed by atoms with E-state index in [-0.39, 0.29) is 11.6 Å². The van der Waals surface area contributed by atoms with Gasteiger partial charge in [0.25, 0.3) is 17.8 Å². The van der Waals surface area contributed by atoms with E-state index in [4.69, 9.17) is 13.9 Å². The molecule has 1 fully saturated rings. The van der Waals surface area contributed by atoms with Crippen LogP contribution in [0.2, 0.25) is 0 Å². The standard InChI is InChI=1S/C23H33N5O5/c1-4-27(5-2)15-17-6-7-19(18(14-17)21(29)24-8-11-31-3)25-22(30)20-16-33-23(26-20)28-9-12-32-13-10-28/h6-7,14,16H,4-5,8-13,15H2,1-3H3,(H,24,29)(H,25,30). The SMILES string of the molecule is CCN(CC)Cc1ccc(NC(=O)c2coc(N3CCOCC3)n2)c(C(=O)NCCOC)c1. The Hall–Kier alpha value is -2.95. The fraction of sp³-hybridized carbons (Fsp3) is 0.522. The minimum absolute atomic E-state index is 0.148. The highest BCUT2D eigenvalue weighted by atomic mass is 16.5. The van der Waals surface area contributed by atoms with Crippen LogP contribution in [-0.4, -0.2) is 81.4 Å². The first-order valence-corrected chi connectivity index (χ1v) is 11.3. The zero-order valence-corrected chi connectivity index (χ0v) is 19.6. The van der Waals surface area contributed by atoms with Gasteiger partial charge in [0.05, 0.1) is 31.1 Å². The maximum absolute atomic E-state index is 12.9. The van der Waals surface area contributed by atoms with Crippen molar-refractivity contribution in [3.63, 3.8) is 0 Å². The number of anilines is 2. The molecule has 0 atom stereocenters. The van der Waals surface area contributed by atoms with Gasteiger partial charge in [0.15, 0.2) is 5.69 Å². The summed E-state index contributed by atoms with van der Waals surface area (Å²) >= 11 is 0. The van der Waals surface area contributed by atoms with Crippen molar-refractivity contribution in [1.29, 1.82) is 0 Å². The van der Waals surface area contributed by atoms with Gasteiger partial charge in [-0.05, 0) is 30.8 Å². The van der Waals surface area contributed by atoms with Gasteiger partial charge in [0.1, 0.15) is 6.26 Å². The van der Waals surface area contributed by atoms with Gasteiger partial charge in [0, 0.05) is 33.3 Å². The molecule has 0 aliphatic carbocycles. The molecule has 1 aromatic heterocycles. The molecule has 3 rings (SSSR count). The largest absolute Gasteiger partial charge is 0.431 e. The smallest absolute Gasteiger partial charge is 0.298 e. The van der Waals surface area contributed by atoms with E-state index in [0.717, 1.165) is 18.7 Å². The normalized spacial score (nSPS) is 13.9. The van der Waals surface area contributed by atoms with Crippen molar-refractivity contribution in [3.05, 3.63) is 41.3 Å². The van der Waals surface area contributed by atoms with Crippen molar-refractivity contribution >= 4 is 23.5 Å². The molecule has 0 bridgehead atoms. The molecule has 2 amide bonds. The molecule has 1 aliphatic rings. The summed E-state index contributed by atoms with van der Waals surface area (Å²) < 4.78 is 15.8. The van der Waals surface area contributed by atoms with Gasteiger partial charge in [-0.25, -0.2) is 0 Å². The first kappa shape index (κ1) is 24.7. The molecule has 10 nitrogen and oxygen atoms in total. The number of benzene rings is 1. The van der Waals surface area contributed by atoms with Crippen LogP contribution in [0, 0.1) is 0 Å². The topological polar surface area (TPSA) is 109 Å². The third kappa shape index (κ3) is 6.77. The zero-order chi connectivity index (χ0) is 23.6. The number of methoxy groups -OCH3 is 1. The number of amides is 2. The number of carbonyl (C=O) groups is 2. The number of hydrogen-bond donors (Lipinski definition) is 2. The molecule has 180 valence electrons. The van der Waals surface area contributed by atoms with E-state index in [1.54, 1.807) is 13.2 Å². The Labute approximate surface area is 194 Å². The van der Waals surface area contributed by atoms with E-state index in [0.29, 0.717) is 63.3 Å². The lowest BCUT2D eigenvalue weighted by atomic mass is 10.1. The number of aromatic nitrogens is 1. The molecule has 2 aromatic rings. The van der Waals surface area contributed by atoms with Crippen LogP contribution in [0.15, 0.2) is 28.9 Å². The van der Waals surface area contributed by atoms with Crippen LogP contribution in [0.3, 0.4) is 0 Å². The quantitative estimate of drug-likeness (QED) is 0.491. The minimum Gasteiger partial charge on any atom is -0.431 e. The molecule has 33 heavy (non-hydrogen) atoms. The van der Waals surface area contributed by atoms with Crippen LogP contribution in [0.4, 0.5) is 11.7 Å². The molecule has 0 unspecified atom stereocenters. The van der Waals surface area contributed by atoms with Crippen molar-refractivity contribution < 1.29 is 23.5 Å². The summed E-state index contributed by atoms with van der Waals surface area (Å²) in [7, 11) is 1.58. The van der Waals surface area contributed by atoms with E-state index in [2.05, 4.69) is 34.4 Å². The molecular weight excluding hydrogens is 426 g/mol. The van der Waals surface area contributed by atoms with Crippen LogP contribution >= 0.6 is 0 Å². The second-order valence-corrected chi connectivity index (χ2v) is 7.66. The Balaban J connectivity index is 1.77. The number of rotatable bonds is 11. The highest BCUT2D eigenvalue weighted by molar-refractivity contribution is 6.08. The molecule has 1 aliphatic heterocycles. The van der Waals surface area contributed by atoms with Crippen molar-refractivity contribution in [1.82, 2.24) is 15.2 Å². The zero-order valence-electron chi connectivity index (χ0n) is 19.6. The average molecular weight is 460 g/mol. The highest BCUT2D eigenvalue weighted by Crippen LogP contribution is 2.21. The van der Waals surface area contributed by atoms with Gasteiger partial charge in [0.2, 0.25) is 0 Å². The number of hydrogen-bond acceptors (Lipinski definition) is 8. The molecule has 0 spiro atoms. The second-order valence-electron chi connectivity index (χ2n) is 7.66. The molecule has 10 heteroatoms. The van der Waals surface area contributed by atoms with E-state index >= 15 is 0 Å². The molecule has 0 saturated carbocycles. The molecule has 1 saturated heterocycles. The maximum Gasteiger partial charge on any atom is 0.298 e. The summed E-state index contributed by atoms with van der Waals surface area (Å²) in [6.07, 6.45) is 1.33. The molecule has 2 N–H and O–H groups in total. The predicted octanol–water partition coefficient (Wildman–Crippen LogP) is 1.98. The van der Waals surface area contributed by atoms with Crippen LogP contribution in [0.25, 0.3) is 0 Å². The maximum atomic E-state index is 12.9. The molecular formula is C23H33N5O5. The number of nitrogens with zero attached hydrogens (tertiary/aromatic N) is 3. The first-order chi connectivity index (χ1) is 16.0. The van der Waals surface area contributed by atoms with Gasteiger partial charge >= 0.3 is 0 Å². The van der Waals surface area contributed by atoms with Crippen LogP contribution < -0.4 is 15.5 Å². The van der Waals surface area contributed by atoms with Crippen molar-refractivity contribution in [2.75, 3.05) is 69.9 Å². The fourth-order valence-corrected chi connectivity index (χ4v) is 3.51. The molecule has 1 aromatic carbocycles. The summed E-state index contributed by atoms with van der Waals surface area (Å²) in [5, 5.41) is 5.64. The summed E-state index contributed by atoms with van der Waals surface area (Å²) in [4.78, 5) is 34.2. The van der Waals surface area contributed by atoms with Crippen molar-refractivity contribution in [2.45, 2.75) is 20.4 Å². The number of ether oxygens (including phenoxy) is 2. The van der Waals surface area contributed by atoms with E-state index in [9.17, 15) is 9.59 Å². The summed E-state index contributed by atoms with van der Waals surface area (Å²) in [5.41, 5.74) is 1.94. The first-order valence-electron chi connectivity index (χ1n) is 11.3. The lowest BCUT2D eigenvalue weighted by molar-refractivity contribution is 0.0937. The van der Waals surface area contributed by atoms with Crippen LogP contribution in [0.1, 0.15) is 40.3 Å². The number of carbonyl (C=O) groups excluding carboxylic acids is 2. The average Bonchev–Trinajstić information content (AvgIpc) is 3.34. The van der Waals surface area contributed by atoms with Crippen molar-refractivity contribution in [3.8, 4) is 0 Å². The van der Waals surface area contributed by atoms with Gasteiger partial charge in [-0.3, -0.25) is 14.5 Å². The number of oxazole rings is 1.